The maximum atomic E-state index is 12.8. The van der Waals surface area contributed by atoms with Crippen LogP contribution in [0.4, 0.5) is 11.8 Å². The molecule has 2 heterocycles. The molecule has 0 radical (unpaired) electrons. The molecule has 2 N–H and O–H groups in total. The number of halogens is 1. The molecule has 0 unspecified atom stereocenters. The highest BCUT2D eigenvalue weighted by Crippen LogP contribution is 2.29. The average molecular weight is 482 g/mol. The molecule has 1 fully saturated rings. The van der Waals surface area contributed by atoms with E-state index in [9.17, 15) is 4.79 Å². The molecule has 8 heteroatoms. The average Bonchev–Trinajstić information content (AvgIpc) is 2.84. The van der Waals surface area contributed by atoms with Crippen LogP contribution in [-0.2, 0) is 19.4 Å². The van der Waals surface area contributed by atoms with Crippen LogP contribution in [-0.4, -0.2) is 36.1 Å². The van der Waals surface area contributed by atoms with Gasteiger partial charge in [-0.3, -0.25) is 4.79 Å². The lowest BCUT2D eigenvalue weighted by Crippen LogP contribution is -2.37. The van der Waals surface area contributed by atoms with Crippen LogP contribution in [0.5, 0.6) is 0 Å². The van der Waals surface area contributed by atoms with Crippen LogP contribution in [0.3, 0.4) is 0 Å². The van der Waals surface area contributed by atoms with E-state index in [0.29, 0.717) is 40.2 Å². The molecule has 1 saturated carbocycles. The Morgan fingerprint density at radius 3 is 2.65 bits per heavy atom. The summed E-state index contributed by atoms with van der Waals surface area (Å²) in [5.41, 5.74) is 3.70. The Labute approximate surface area is 204 Å². The third-order valence-corrected chi connectivity index (χ3v) is 7.27. The van der Waals surface area contributed by atoms with E-state index in [2.05, 4.69) is 29.6 Å². The smallest absolute Gasteiger partial charge is 0.225 e. The van der Waals surface area contributed by atoms with Crippen LogP contribution in [0.1, 0.15) is 55.3 Å². The van der Waals surface area contributed by atoms with E-state index in [1.165, 1.54) is 24.1 Å². The standard InChI is InChI=1S/C26H32ClN5O2/c1-32(2)25-20-5-3-4-6-22(20)30-26(31-25)29-19-10-8-18(9-11-19)28-14-16-15-34-23-12-7-17(27)13-21(23)24(16)33/h7,12-13,15,18-19,28H,3-6,8-11,14H2,1-2H3,(H,29,30,31)/t18-,19+. The van der Waals surface area contributed by atoms with Gasteiger partial charge in [-0.25, -0.2) is 4.98 Å². The summed E-state index contributed by atoms with van der Waals surface area (Å²) in [5, 5.41) is 8.22. The van der Waals surface area contributed by atoms with Gasteiger partial charge >= 0.3 is 0 Å². The van der Waals surface area contributed by atoms with Crippen molar-refractivity contribution in [2.24, 2.45) is 0 Å². The zero-order valence-electron chi connectivity index (χ0n) is 19.9. The maximum Gasteiger partial charge on any atom is 0.225 e. The van der Waals surface area contributed by atoms with Crippen LogP contribution in [0.25, 0.3) is 11.0 Å². The van der Waals surface area contributed by atoms with Gasteiger partial charge in [0, 0.05) is 48.9 Å². The van der Waals surface area contributed by atoms with Crippen molar-refractivity contribution >= 4 is 34.3 Å². The summed E-state index contributed by atoms with van der Waals surface area (Å²) >= 11 is 6.06. The molecule has 2 aliphatic carbocycles. The number of nitrogens with zero attached hydrogens (tertiary/aromatic N) is 3. The third kappa shape index (κ3) is 4.91. The molecule has 0 amide bonds. The molecule has 2 aromatic heterocycles. The number of hydrogen-bond acceptors (Lipinski definition) is 7. The van der Waals surface area contributed by atoms with Gasteiger partial charge in [-0.15, -0.1) is 0 Å². The first-order valence-electron chi connectivity index (χ1n) is 12.2. The summed E-state index contributed by atoms with van der Waals surface area (Å²) in [6.07, 6.45) is 10.2. The van der Waals surface area contributed by atoms with Crippen molar-refractivity contribution in [2.75, 3.05) is 24.3 Å². The van der Waals surface area contributed by atoms with Gasteiger partial charge in [0.15, 0.2) is 5.43 Å². The first-order chi connectivity index (χ1) is 16.5. The van der Waals surface area contributed by atoms with E-state index in [-0.39, 0.29) is 5.43 Å². The zero-order valence-corrected chi connectivity index (χ0v) is 20.6. The minimum absolute atomic E-state index is 0.0205. The number of benzene rings is 1. The predicted molar refractivity (Wildman–Crippen MR) is 137 cm³/mol. The van der Waals surface area contributed by atoms with E-state index in [1.807, 2.05) is 0 Å². The fraction of sp³-hybridized carbons (Fsp3) is 0.500. The Hall–Kier alpha value is -2.64. The topological polar surface area (TPSA) is 83.3 Å². The van der Waals surface area contributed by atoms with Crippen molar-refractivity contribution in [1.82, 2.24) is 15.3 Å². The van der Waals surface area contributed by atoms with Gasteiger partial charge in [0.1, 0.15) is 11.4 Å². The van der Waals surface area contributed by atoms with E-state index in [1.54, 1.807) is 24.5 Å². The fourth-order valence-electron chi connectivity index (χ4n) is 5.15. The van der Waals surface area contributed by atoms with Crippen molar-refractivity contribution in [3.8, 4) is 0 Å². The monoisotopic (exact) mass is 481 g/mol. The molecule has 0 atom stereocenters. The number of nitrogens with one attached hydrogen (secondary N) is 2. The molecule has 0 spiro atoms. The Morgan fingerprint density at radius 1 is 1.09 bits per heavy atom. The zero-order chi connectivity index (χ0) is 23.7. The van der Waals surface area contributed by atoms with E-state index >= 15 is 0 Å². The Morgan fingerprint density at radius 2 is 1.85 bits per heavy atom. The summed E-state index contributed by atoms with van der Waals surface area (Å²) in [7, 11) is 4.12. The summed E-state index contributed by atoms with van der Waals surface area (Å²) < 4.78 is 5.64. The highest BCUT2D eigenvalue weighted by Gasteiger charge is 2.24. The van der Waals surface area contributed by atoms with Crippen LogP contribution in [0.2, 0.25) is 5.02 Å². The van der Waals surface area contributed by atoms with Crippen LogP contribution in [0.15, 0.2) is 33.7 Å². The lowest BCUT2D eigenvalue weighted by Gasteiger charge is -2.30. The van der Waals surface area contributed by atoms with Crippen molar-refractivity contribution in [2.45, 2.75) is 70.0 Å². The van der Waals surface area contributed by atoms with Gasteiger partial charge < -0.3 is 20.0 Å². The molecule has 0 saturated heterocycles. The molecule has 180 valence electrons. The van der Waals surface area contributed by atoms with Gasteiger partial charge in [-0.2, -0.15) is 4.98 Å². The minimum atomic E-state index is -0.0205. The summed E-state index contributed by atoms with van der Waals surface area (Å²) in [4.78, 5) is 24.6. The minimum Gasteiger partial charge on any atom is -0.464 e. The second kappa shape index (κ2) is 9.92. The molecular weight excluding hydrogens is 450 g/mol. The second-order valence-electron chi connectivity index (χ2n) is 9.70. The largest absolute Gasteiger partial charge is 0.464 e. The lowest BCUT2D eigenvalue weighted by molar-refractivity contribution is 0.351. The summed E-state index contributed by atoms with van der Waals surface area (Å²) in [5.74, 6) is 1.81. The van der Waals surface area contributed by atoms with E-state index in [0.717, 1.165) is 50.3 Å². The molecule has 3 aromatic rings. The fourth-order valence-corrected chi connectivity index (χ4v) is 5.33. The van der Waals surface area contributed by atoms with Crippen molar-refractivity contribution < 1.29 is 4.42 Å². The van der Waals surface area contributed by atoms with Crippen molar-refractivity contribution in [1.29, 1.82) is 0 Å². The quantitative estimate of drug-likeness (QED) is 0.528. The molecule has 34 heavy (non-hydrogen) atoms. The normalized spacial score (nSPS) is 20.2. The highest BCUT2D eigenvalue weighted by molar-refractivity contribution is 6.31. The maximum absolute atomic E-state index is 12.8. The first kappa shape index (κ1) is 23.1. The van der Waals surface area contributed by atoms with Gasteiger partial charge in [0.25, 0.3) is 0 Å². The summed E-state index contributed by atoms with van der Waals surface area (Å²) in [6.45, 7) is 0.494. The molecule has 1 aromatic carbocycles. The highest BCUT2D eigenvalue weighted by atomic mass is 35.5. The number of aryl methyl sites for hydroxylation is 1. The van der Waals surface area contributed by atoms with Gasteiger partial charge in [0.2, 0.25) is 5.95 Å². The van der Waals surface area contributed by atoms with Crippen molar-refractivity contribution in [3.05, 3.63) is 56.5 Å². The number of hydrogen-bond donors (Lipinski definition) is 2. The Kier molecular flexibility index (Phi) is 6.75. The predicted octanol–water partition coefficient (Wildman–Crippen LogP) is 4.69. The number of anilines is 2. The van der Waals surface area contributed by atoms with Crippen molar-refractivity contribution in [3.63, 3.8) is 0 Å². The van der Waals surface area contributed by atoms with Crippen LogP contribution >= 0.6 is 11.6 Å². The van der Waals surface area contributed by atoms with Gasteiger partial charge in [-0.05, 0) is 69.6 Å². The third-order valence-electron chi connectivity index (χ3n) is 7.03. The molecule has 0 bridgehead atoms. The second-order valence-corrected chi connectivity index (χ2v) is 10.1. The van der Waals surface area contributed by atoms with Gasteiger partial charge in [-0.1, -0.05) is 11.6 Å². The summed E-state index contributed by atoms with van der Waals surface area (Å²) in [6, 6.07) is 5.87. The number of fused-ring (bicyclic) bond motifs is 2. The molecule has 0 aliphatic heterocycles. The molecule has 2 aliphatic rings. The molecule has 5 rings (SSSR count). The van der Waals surface area contributed by atoms with E-state index in [4.69, 9.17) is 26.0 Å². The van der Waals surface area contributed by atoms with Crippen LogP contribution in [0, 0.1) is 0 Å². The number of rotatable bonds is 6. The van der Waals surface area contributed by atoms with Gasteiger partial charge in [0.05, 0.1) is 17.3 Å². The lowest BCUT2D eigenvalue weighted by atomic mass is 9.91. The SMILES string of the molecule is CN(C)c1nc(N[C@H]2CC[C@@H](NCc3coc4ccc(Cl)cc4c3=O)CC2)nc2c1CCCC2. The van der Waals surface area contributed by atoms with E-state index < -0.39 is 0 Å². The number of aromatic nitrogens is 2. The van der Waals surface area contributed by atoms with Crippen LogP contribution < -0.4 is 21.0 Å². The Bertz CT molecular complexity index is 1230. The molecule has 7 nitrogen and oxygen atoms in total. The first-order valence-corrected chi connectivity index (χ1v) is 12.6. The Balaban J connectivity index is 1.18. The molecular formula is C26H32ClN5O2.